The van der Waals surface area contributed by atoms with Gasteiger partial charge < -0.3 is 14.6 Å². The normalized spacial score (nSPS) is 20.0. The standard InChI is InChI=1S/C9H9FO3/c10-7-2-1-3-8-9(7)13-6(4-11)5-12-8/h1-3,6,11H,4-5H2. The number of aliphatic hydroxyl groups is 1. The van der Waals surface area contributed by atoms with Gasteiger partial charge in [0.25, 0.3) is 0 Å². The average Bonchev–Trinajstić information content (AvgIpc) is 2.18. The summed E-state index contributed by atoms with van der Waals surface area (Å²) in [6.07, 6.45) is -0.468. The molecule has 0 radical (unpaired) electrons. The first kappa shape index (κ1) is 8.31. The molecule has 70 valence electrons. The summed E-state index contributed by atoms with van der Waals surface area (Å²) in [5.74, 6) is 0.0214. The highest BCUT2D eigenvalue weighted by Gasteiger charge is 2.22. The van der Waals surface area contributed by atoms with Gasteiger partial charge in [-0.2, -0.15) is 0 Å². The summed E-state index contributed by atoms with van der Waals surface area (Å²) in [7, 11) is 0. The Labute approximate surface area is 74.7 Å². The molecule has 1 unspecified atom stereocenters. The second-order valence-corrected chi connectivity index (χ2v) is 2.80. The molecule has 1 aromatic rings. The molecule has 1 aliphatic rings. The van der Waals surface area contributed by atoms with E-state index in [1.54, 1.807) is 12.1 Å². The van der Waals surface area contributed by atoms with Crippen LogP contribution >= 0.6 is 0 Å². The molecule has 1 N–H and O–H groups in total. The minimum absolute atomic E-state index is 0.0906. The highest BCUT2D eigenvalue weighted by molar-refractivity contribution is 5.42. The van der Waals surface area contributed by atoms with Gasteiger partial charge in [0.15, 0.2) is 23.4 Å². The van der Waals surface area contributed by atoms with Crippen LogP contribution in [0.1, 0.15) is 0 Å². The number of benzene rings is 1. The molecule has 3 nitrogen and oxygen atoms in total. The summed E-state index contributed by atoms with van der Waals surface area (Å²) in [5, 5.41) is 8.78. The van der Waals surface area contributed by atoms with Crippen molar-refractivity contribution in [1.29, 1.82) is 0 Å². The Morgan fingerprint density at radius 2 is 2.38 bits per heavy atom. The molecular formula is C9H9FO3. The van der Waals surface area contributed by atoms with Gasteiger partial charge in [-0.15, -0.1) is 0 Å². The SMILES string of the molecule is OCC1COc2cccc(F)c2O1. The molecule has 0 aliphatic carbocycles. The number of para-hydroxylation sites is 1. The Morgan fingerprint density at radius 3 is 3.15 bits per heavy atom. The summed E-state index contributed by atoms with van der Waals surface area (Å²) < 4.78 is 23.4. The molecule has 4 heteroatoms. The van der Waals surface area contributed by atoms with Crippen molar-refractivity contribution in [3.63, 3.8) is 0 Å². The zero-order valence-corrected chi connectivity index (χ0v) is 6.87. The lowest BCUT2D eigenvalue weighted by atomic mass is 10.2. The third kappa shape index (κ3) is 1.45. The van der Waals surface area contributed by atoms with Crippen LogP contribution in [0.2, 0.25) is 0 Å². The minimum atomic E-state index is -0.468. The molecule has 0 bridgehead atoms. The van der Waals surface area contributed by atoms with E-state index in [1.807, 2.05) is 0 Å². The van der Waals surface area contributed by atoms with E-state index in [9.17, 15) is 4.39 Å². The topological polar surface area (TPSA) is 38.7 Å². The zero-order valence-electron chi connectivity index (χ0n) is 6.87. The van der Waals surface area contributed by atoms with Gasteiger partial charge in [-0.1, -0.05) is 6.07 Å². The van der Waals surface area contributed by atoms with Crippen LogP contribution in [0.15, 0.2) is 18.2 Å². The van der Waals surface area contributed by atoms with Crippen LogP contribution in [0.25, 0.3) is 0 Å². The summed E-state index contributed by atoms with van der Waals surface area (Å²) in [4.78, 5) is 0. The molecule has 0 saturated carbocycles. The Kier molecular flexibility index (Phi) is 2.06. The van der Waals surface area contributed by atoms with Crippen LogP contribution in [0.3, 0.4) is 0 Å². The first-order chi connectivity index (χ1) is 6.31. The van der Waals surface area contributed by atoms with Crippen LogP contribution in [-0.4, -0.2) is 24.4 Å². The Balaban J connectivity index is 2.32. The van der Waals surface area contributed by atoms with E-state index in [0.29, 0.717) is 5.75 Å². The highest BCUT2D eigenvalue weighted by atomic mass is 19.1. The van der Waals surface area contributed by atoms with Gasteiger partial charge in [0.1, 0.15) is 6.61 Å². The number of hydrogen-bond donors (Lipinski definition) is 1. The molecular weight excluding hydrogens is 175 g/mol. The van der Waals surface area contributed by atoms with Gasteiger partial charge in [-0.05, 0) is 12.1 Å². The quantitative estimate of drug-likeness (QED) is 0.706. The van der Waals surface area contributed by atoms with Crippen LogP contribution in [0.4, 0.5) is 4.39 Å². The van der Waals surface area contributed by atoms with E-state index >= 15 is 0 Å². The van der Waals surface area contributed by atoms with Crippen molar-refractivity contribution < 1.29 is 19.0 Å². The van der Waals surface area contributed by atoms with Crippen LogP contribution in [0, 0.1) is 5.82 Å². The van der Waals surface area contributed by atoms with Crippen molar-refractivity contribution in [2.45, 2.75) is 6.10 Å². The third-order valence-electron chi connectivity index (χ3n) is 1.84. The van der Waals surface area contributed by atoms with Crippen molar-refractivity contribution in [2.75, 3.05) is 13.2 Å². The summed E-state index contributed by atoms with van der Waals surface area (Å²) in [6, 6.07) is 4.48. The minimum Gasteiger partial charge on any atom is -0.486 e. The van der Waals surface area contributed by atoms with E-state index in [0.717, 1.165) is 0 Å². The van der Waals surface area contributed by atoms with E-state index in [2.05, 4.69) is 0 Å². The summed E-state index contributed by atoms with van der Waals surface area (Å²) in [6.45, 7) is 0.0841. The van der Waals surface area contributed by atoms with E-state index in [4.69, 9.17) is 14.6 Å². The van der Waals surface area contributed by atoms with Crippen molar-refractivity contribution in [3.8, 4) is 11.5 Å². The maximum atomic E-state index is 13.1. The number of fused-ring (bicyclic) bond motifs is 1. The molecule has 0 fully saturated rings. The molecule has 1 aliphatic heterocycles. The molecule has 0 amide bonds. The van der Waals surface area contributed by atoms with Crippen LogP contribution in [0.5, 0.6) is 11.5 Å². The summed E-state index contributed by atoms with van der Waals surface area (Å²) in [5.41, 5.74) is 0. The molecule has 13 heavy (non-hydrogen) atoms. The number of aliphatic hydroxyl groups excluding tert-OH is 1. The number of ether oxygens (including phenoxy) is 2. The predicted octanol–water partition coefficient (Wildman–Crippen LogP) is 0.958. The van der Waals surface area contributed by atoms with Gasteiger partial charge in [0.2, 0.25) is 0 Å². The molecule has 1 heterocycles. The third-order valence-corrected chi connectivity index (χ3v) is 1.84. The Morgan fingerprint density at radius 1 is 1.54 bits per heavy atom. The molecule has 0 saturated heterocycles. The van der Waals surface area contributed by atoms with Gasteiger partial charge in [-0.25, -0.2) is 4.39 Å². The molecule has 2 rings (SSSR count). The molecule has 1 atom stereocenters. The van der Waals surface area contributed by atoms with Gasteiger partial charge in [0, 0.05) is 0 Å². The van der Waals surface area contributed by atoms with E-state index in [1.165, 1.54) is 6.07 Å². The second-order valence-electron chi connectivity index (χ2n) is 2.80. The average molecular weight is 184 g/mol. The number of halogens is 1. The Hall–Kier alpha value is -1.29. The van der Waals surface area contributed by atoms with Crippen molar-refractivity contribution in [3.05, 3.63) is 24.0 Å². The lowest BCUT2D eigenvalue weighted by molar-refractivity contribution is 0.0418. The molecule has 0 aromatic heterocycles. The largest absolute Gasteiger partial charge is 0.486 e. The lowest BCUT2D eigenvalue weighted by Crippen LogP contribution is -2.32. The predicted molar refractivity (Wildman–Crippen MR) is 43.4 cm³/mol. The zero-order chi connectivity index (χ0) is 9.26. The van der Waals surface area contributed by atoms with Gasteiger partial charge >= 0.3 is 0 Å². The van der Waals surface area contributed by atoms with E-state index in [-0.39, 0.29) is 19.0 Å². The van der Waals surface area contributed by atoms with Crippen LogP contribution < -0.4 is 9.47 Å². The lowest BCUT2D eigenvalue weighted by Gasteiger charge is -2.25. The van der Waals surface area contributed by atoms with Crippen molar-refractivity contribution in [1.82, 2.24) is 0 Å². The first-order valence-corrected chi connectivity index (χ1v) is 4.00. The fourth-order valence-electron chi connectivity index (χ4n) is 1.19. The fraction of sp³-hybridized carbons (Fsp3) is 0.333. The molecule has 1 aromatic carbocycles. The maximum absolute atomic E-state index is 13.1. The Bertz CT molecular complexity index is 314. The second kappa shape index (κ2) is 3.22. The number of rotatable bonds is 1. The van der Waals surface area contributed by atoms with Crippen LogP contribution in [-0.2, 0) is 0 Å². The van der Waals surface area contributed by atoms with Crippen molar-refractivity contribution in [2.24, 2.45) is 0 Å². The first-order valence-electron chi connectivity index (χ1n) is 4.00. The fourth-order valence-corrected chi connectivity index (χ4v) is 1.19. The molecule has 0 spiro atoms. The van der Waals surface area contributed by atoms with Gasteiger partial charge in [-0.3, -0.25) is 0 Å². The highest BCUT2D eigenvalue weighted by Crippen LogP contribution is 2.33. The monoisotopic (exact) mass is 184 g/mol. The summed E-state index contributed by atoms with van der Waals surface area (Å²) >= 11 is 0. The van der Waals surface area contributed by atoms with Gasteiger partial charge in [0.05, 0.1) is 6.61 Å². The number of hydrogen-bond acceptors (Lipinski definition) is 3. The smallest absolute Gasteiger partial charge is 0.197 e. The van der Waals surface area contributed by atoms with E-state index < -0.39 is 11.9 Å². The maximum Gasteiger partial charge on any atom is 0.197 e. The van der Waals surface area contributed by atoms with Crippen molar-refractivity contribution >= 4 is 0 Å².